The summed E-state index contributed by atoms with van der Waals surface area (Å²) in [5, 5.41) is 2.93. The number of hydrogen-bond acceptors (Lipinski definition) is 8. The van der Waals surface area contributed by atoms with Crippen molar-refractivity contribution in [1.82, 2.24) is 0 Å². The molecule has 1 N–H and O–H groups in total. The Balaban J connectivity index is 1.40. The van der Waals surface area contributed by atoms with Crippen LogP contribution in [0.15, 0.2) is 72.8 Å². The van der Waals surface area contributed by atoms with Crippen molar-refractivity contribution in [2.24, 2.45) is 11.8 Å². The number of nitrogens with zero attached hydrogens (tertiary/aromatic N) is 2. The maximum atomic E-state index is 14.1. The van der Waals surface area contributed by atoms with Crippen LogP contribution in [0, 0.1) is 11.8 Å². The fourth-order valence-electron chi connectivity index (χ4n) is 6.02. The lowest BCUT2D eigenvalue weighted by Crippen LogP contribution is -2.50. The third-order valence-electron chi connectivity index (χ3n) is 7.70. The number of carbonyl (C=O) groups is 4. The van der Waals surface area contributed by atoms with E-state index < -0.39 is 47.6 Å². The summed E-state index contributed by atoms with van der Waals surface area (Å²) in [6.45, 7) is 1.29. The number of carbonyl (C=O) groups excluding carboxylic acids is 4. The van der Waals surface area contributed by atoms with Crippen LogP contribution in [0.3, 0.4) is 0 Å². The van der Waals surface area contributed by atoms with E-state index in [0.717, 1.165) is 16.2 Å². The Hall–Kier alpha value is -5.12. The molecule has 0 spiro atoms. The molecule has 2 saturated heterocycles. The van der Waals surface area contributed by atoms with E-state index in [0.29, 0.717) is 28.6 Å². The summed E-state index contributed by atoms with van der Waals surface area (Å²) in [6.07, 6.45) is 3.81. The molecule has 2 fully saturated rings. The van der Waals surface area contributed by atoms with Crippen molar-refractivity contribution in [3.8, 4) is 17.2 Å². The van der Waals surface area contributed by atoms with Gasteiger partial charge in [0.2, 0.25) is 17.7 Å². The summed E-state index contributed by atoms with van der Waals surface area (Å²) in [5.74, 6) is -2.30. The Labute approximate surface area is 236 Å². The second-order valence-electron chi connectivity index (χ2n) is 9.97. The number of rotatable bonds is 6. The maximum Gasteiger partial charge on any atom is 0.308 e. The second kappa shape index (κ2) is 10.1. The lowest BCUT2D eigenvalue weighted by atomic mass is 9.88. The van der Waals surface area contributed by atoms with Gasteiger partial charge in [-0.2, -0.15) is 0 Å². The van der Waals surface area contributed by atoms with Crippen molar-refractivity contribution in [3.63, 3.8) is 0 Å². The third-order valence-corrected chi connectivity index (χ3v) is 7.70. The number of benzene rings is 3. The number of nitrogens with one attached hydrogen (secondary N) is 1. The van der Waals surface area contributed by atoms with E-state index >= 15 is 0 Å². The lowest BCUT2D eigenvalue weighted by molar-refractivity contribution is -0.132. The first-order valence-electron chi connectivity index (χ1n) is 13.1. The molecule has 3 aliphatic rings. The average molecular weight is 554 g/mol. The van der Waals surface area contributed by atoms with Gasteiger partial charge in [0.05, 0.1) is 43.5 Å². The molecule has 41 heavy (non-hydrogen) atoms. The molecule has 0 bridgehead atoms. The highest BCUT2D eigenvalue weighted by molar-refractivity contribution is 6.25. The average Bonchev–Trinajstić information content (AvgIpc) is 3.45. The van der Waals surface area contributed by atoms with Crippen LogP contribution in [0.1, 0.15) is 12.5 Å². The summed E-state index contributed by atoms with van der Waals surface area (Å²) in [6, 6.07) is 17.3. The van der Waals surface area contributed by atoms with Crippen LogP contribution >= 0.6 is 0 Å². The number of fused-ring (bicyclic) bond motifs is 5. The van der Waals surface area contributed by atoms with Gasteiger partial charge in [0.25, 0.3) is 0 Å². The molecule has 3 aliphatic heterocycles. The van der Waals surface area contributed by atoms with Gasteiger partial charge in [-0.15, -0.1) is 0 Å². The number of esters is 1. The first-order valence-corrected chi connectivity index (χ1v) is 13.1. The van der Waals surface area contributed by atoms with Gasteiger partial charge in [-0.25, -0.2) is 4.90 Å². The highest BCUT2D eigenvalue weighted by Crippen LogP contribution is 2.49. The number of ether oxygens (including phenoxy) is 3. The Morgan fingerprint density at radius 1 is 0.854 bits per heavy atom. The van der Waals surface area contributed by atoms with Crippen LogP contribution < -0.4 is 29.3 Å². The molecule has 3 aromatic rings. The van der Waals surface area contributed by atoms with Crippen molar-refractivity contribution in [2.45, 2.75) is 19.0 Å². The monoisotopic (exact) mass is 553 g/mol. The molecule has 3 aromatic carbocycles. The van der Waals surface area contributed by atoms with E-state index in [1.54, 1.807) is 30.3 Å². The summed E-state index contributed by atoms with van der Waals surface area (Å²) >= 11 is 0. The van der Waals surface area contributed by atoms with Crippen LogP contribution in [0.25, 0.3) is 6.08 Å². The molecule has 208 valence electrons. The molecule has 3 amide bonds. The number of hydrogen-bond donors (Lipinski definition) is 1. The summed E-state index contributed by atoms with van der Waals surface area (Å²) in [5.41, 5.74) is 2.38. The molecule has 0 aromatic heterocycles. The molecular formula is C31H27N3O7. The minimum atomic E-state index is -0.992. The molecule has 10 heteroatoms. The van der Waals surface area contributed by atoms with Gasteiger partial charge < -0.3 is 24.4 Å². The number of para-hydroxylation sites is 1. The molecule has 4 atom stereocenters. The zero-order chi connectivity index (χ0) is 28.8. The van der Waals surface area contributed by atoms with Crippen LogP contribution in [0.4, 0.5) is 17.1 Å². The van der Waals surface area contributed by atoms with E-state index in [-0.39, 0.29) is 0 Å². The zero-order valence-corrected chi connectivity index (χ0v) is 22.6. The van der Waals surface area contributed by atoms with E-state index in [2.05, 4.69) is 5.32 Å². The van der Waals surface area contributed by atoms with Gasteiger partial charge in [0, 0.05) is 18.7 Å². The van der Waals surface area contributed by atoms with Crippen molar-refractivity contribution in [3.05, 3.63) is 78.4 Å². The topological polar surface area (TPSA) is 114 Å². The normalized spacial score (nSPS) is 22.1. The van der Waals surface area contributed by atoms with Crippen LogP contribution in [0.5, 0.6) is 17.2 Å². The molecular weight excluding hydrogens is 526 g/mol. The van der Waals surface area contributed by atoms with Gasteiger partial charge in [0.1, 0.15) is 23.3 Å². The Bertz CT molecular complexity index is 1600. The van der Waals surface area contributed by atoms with Crippen LogP contribution in [-0.4, -0.2) is 50.0 Å². The van der Waals surface area contributed by atoms with E-state index in [9.17, 15) is 19.2 Å². The molecule has 6 rings (SSSR count). The van der Waals surface area contributed by atoms with Crippen molar-refractivity contribution >= 4 is 46.8 Å². The Morgan fingerprint density at radius 3 is 2.27 bits per heavy atom. The second-order valence-corrected chi connectivity index (χ2v) is 9.97. The van der Waals surface area contributed by atoms with E-state index in [4.69, 9.17) is 14.2 Å². The van der Waals surface area contributed by atoms with Crippen molar-refractivity contribution < 1.29 is 33.4 Å². The summed E-state index contributed by atoms with van der Waals surface area (Å²) < 4.78 is 15.9. The molecule has 0 aliphatic carbocycles. The highest BCUT2D eigenvalue weighted by Gasteiger charge is 2.64. The van der Waals surface area contributed by atoms with Gasteiger partial charge in [0.15, 0.2) is 0 Å². The number of imide groups is 1. The number of anilines is 3. The molecule has 0 radical (unpaired) electrons. The lowest BCUT2D eigenvalue weighted by Gasteiger charge is -2.36. The molecule has 0 unspecified atom stereocenters. The summed E-state index contributed by atoms with van der Waals surface area (Å²) in [4.78, 5) is 56.4. The summed E-state index contributed by atoms with van der Waals surface area (Å²) in [7, 11) is 3.02. The predicted molar refractivity (Wildman–Crippen MR) is 151 cm³/mol. The van der Waals surface area contributed by atoms with Crippen LogP contribution in [-0.2, 0) is 19.2 Å². The van der Waals surface area contributed by atoms with Crippen LogP contribution in [0.2, 0.25) is 0 Å². The number of amides is 3. The van der Waals surface area contributed by atoms with Crippen molar-refractivity contribution in [2.75, 3.05) is 29.3 Å². The fraction of sp³-hybridized carbons (Fsp3) is 0.226. The SMILES string of the molecule is COc1ccc(OC)c(NC(=O)[C@H]2[C@H]3C(=O)N(c4ccc(OC(C)=O)cc4)C(=O)[C@H]3[C@@H]3C=Cc4ccccc4N32)c1. The van der Waals surface area contributed by atoms with E-state index in [1.165, 1.54) is 33.3 Å². The Kier molecular flexibility index (Phi) is 6.45. The standard InChI is InChI=1S/C31H27N3O7/c1-17(35)41-20-11-9-19(10-12-20)33-30(37)26-24-14-8-18-6-4-5-7-23(18)34(24)28(27(26)31(33)38)29(36)32-22-16-21(39-2)13-15-25(22)40-3/h4-16,24,26-28H,1-3H3,(H,32,36)/t24-,26-,27-,28+/m0/s1. The maximum absolute atomic E-state index is 14.1. The van der Waals surface area contributed by atoms with Gasteiger partial charge in [-0.3, -0.25) is 19.2 Å². The molecule has 0 saturated carbocycles. The van der Waals surface area contributed by atoms with E-state index in [1.807, 2.05) is 41.3 Å². The smallest absolute Gasteiger partial charge is 0.308 e. The Morgan fingerprint density at radius 2 is 1.56 bits per heavy atom. The zero-order valence-electron chi connectivity index (χ0n) is 22.6. The van der Waals surface area contributed by atoms with Gasteiger partial charge >= 0.3 is 5.97 Å². The highest BCUT2D eigenvalue weighted by atomic mass is 16.5. The first kappa shape index (κ1) is 26.1. The first-order chi connectivity index (χ1) is 19.8. The third kappa shape index (κ3) is 4.28. The molecule has 3 heterocycles. The fourth-order valence-corrected chi connectivity index (χ4v) is 6.02. The van der Waals surface area contributed by atoms with Crippen molar-refractivity contribution in [1.29, 1.82) is 0 Å². The number of methoxy groups -OCH3 is 2. The van der Waals surface area contributed by atoms with Gasteiger partial charge in [-0.05, 0) is 48.0 Å². The minimum absolute atomic E-state index is 0.294. The largest absolute Gasteiger partial charge is 0.497 e. The quantitative estimate of drug-likeness (QED) is 0.280. The van der Waals surface area contributed by atoms with Gasteiger partial charge in [-0.1, -0.05) is 30.4 Å². The predicted octanol–water partition coefficient (Wildman–Crippen LogP) is 3.66. The molecule has 10 nitrogen and oxygen atoms in total. The minimum Gasteiger partial charge on any atom is -0.497 e.